The highest BCUT2D eigenvalue weighted by molar-refractivity contribution is 5.90. The van der Waals surface area contributed by atoms with Crippen molar-refractivity contribution in [2.45, 2.75) is 45.3 Å². The number of carbonyl (C=O) groups excluding carboxylic acids is 1. The first-order valence-electron chi connectivity index (χ1n) is 8.03. The van der Waals surface area contributed by atoms with Crippen LogP contribution in [0.3, 0.4) is 0 Å². The van der Waals surface area contributed by atoms with Crippen LogP contribution in [0, 0.1) is 0 Å². The minimum atomic E-state index is -0.465. The van der Waals surface area contributed by atoms with Crippen molar-refractivity contribution in [3.63, 3.8) is 0 Å². The third kappa shape index (κ3) is 3.35. The molecule has 0 aliphatic carbocycles. The van der Waals surface area contributed by atoms with E-state index in [-0.39, 0.29) is 6.09 Å². The Morgan fingerprint density at radius 2 is 2.14 bits per heavy atom. The Hall–Kier alpha value is -1.75. The first-order valence-corrected chi connectivity index (χ1v) is 8.03. The number of rotatable bonds is 2. The molecule has 0 atom stereocenters. The summed E-state index contributed by atoms with van der Waals surface area (Å²) in [5.41, 5.74) is 2.87. The molecule has 0 radical (unpaired) electrons. The molecule has 0 aromatic heterocycles. The number of carbonyl (C=O) groups is 1. The van der Waals surface area contributed by atoms with E-state index in [4.69, 9.17) is 4.74 Å². The Morgan fingerprint density at radius 1 is 1.36 bits per heavy atom. The van der Waals surface area contributed by atoms with Crippen molar-refractivity contribution in [3.8, 4) is 0 Å². The van der Waals surface area contributed by atoms with Gasteiger partial charge < -0.3 is 15.4 Å². The molecule has 1 fully saturated rings. The quantitative estimate of drug-likeness (QED) is 0.882. The van der Waals surface area contributed by atoms with Gasteiger partial charge in [-0.1, -0.05) is 0 Å². The largest absolute Gasteiger partial charge is 0.443 e. The second kappa shape index (κ2) is 5.80. The third-order valence-electron chi connectivity index (χ3n) is 3.96. The van der Waals surface area contributed by atoms with Gasteiger partial charge in [0.15, 0.2) is 0 Å². The number of hydrogen-bond acceptors (Lipinski definition) is 4. The fraction of sp³-hybridized carbons (Fsp3) is 0.588. The highest BCUT2D eigenvalue weighted by atomic mass is 16.6. The summed E-state index contributed by atoms with van der Waals surface area (Å²) in [6.07, 6.45) is 1.73. The van der Waals surface area contributed by atoms with Crippen molar-refractivity contribution in [1.82, 2.24) is 5.32 Å². The van der Waals surface area contributed by atoms with Gasteiger partial charge in [-0.15, -0.1) is 0 Å². The molecule has 0 bridgehead atoms. The molecule has 0 spiro atoms. The van der Waals surface area contributed by atoms with Crippen molar-refractivity contribution in [2.24, 2.45) is 0 Å². The molecule has 22 heavy (non-hydrogen) atoms. The van der Waals surface area contributed by atoms with Gasteiger partial charge in [0.25, 0.3) is 0 Å². The monoisotopic (exact) mass is 303 g/mol. The summed E-state index contributed by atoms with van der Waals surface area (Å²) in [6, 6.07) is 6.78. The highest BCUT2D eigenvalue weighted by Crippen LogP contribution is 2.31. The third-order valence-corrected chi connectivity index (χ3v) is 3.96. The molecule has 2 heterocycles. The maximum Gasteiger partial charge on any atom is 0.414 e. The average molecular weight is 303 g/mol. The van der Waals surface area contributed by atoms with E-state index < -0.39 is 5.60 Å². The van der Waals surface area contributed by atoms with Gasteiger partial charge >= 0.3 is 6.09 Å². The summed E-state index contributed by atoms with van der Waals surface area (Å²) in [6.45, 7) is 8.45. The summed E-state index contributed by atoms with van der Waals surface area (Å²) >= 11 is 0. The number of amides is 1. The second-order valence-electron chi connectivity index (χ2n) is 7.08. The lowest BCUT2D eigenvalue weighted by Crippen LogP contribution is -2.51. The standard InChI is InChI=1S/C17H25N3O2/c1-17(2,3)22-16(21)20-8-4-5-12-9-13(6-7-15(12)20)19-14-10-18-11-14/h6-7,9,14,18-19H,4-5,8,10-11H2,1-3H3. The molecule has 2 aliphatic rings. The molecule has 2 N–H and O–H groups in total. The van der Waals surface area contributed by atoms with Gasteiger partial charge in [-0.25, -0.2) is 4.79 Å². The van der Waals surface area contributed by atoms with Gasteiger partial charge in [-0.05, 0) is 57.4 Å². The van der Waals surface area contributed by atoms with Crippen LogP contribution < -0.4 is 15.5 Å². The van der Waals surface area contributed by atoms with Crippen LogP contribution in [-0.4, -0.2) is 37.4 Å². The molecule has 1 amide bonds. The zero-order valence-corrected chi connectivity index (χ0v) is 13.6. The van der Waals surface area contributed by atoms with Crippen molar-refractivity contribution < 1.29 is 9.53 Å². The van der Waals surface area contributed by atoms with E-state index in [9.17, 15) is 4.79 Å². The smallest absolute Gasteiger partial charge is 0.414 e. The number of ether oxygens (including phenoxy) is 1. The fourth-order valence-corrected chi connectivity index (χ4v) is 2.82. The van der Waals surface area contributed by atoms with E-state index in [0.717, 1.165) is 43.9 Å². The van der Waals surface area contributed by atoms with Crippen LogP contribution in [0.1, 0.15) is 32.8 Å². The van der Waals surface area contributed by atoms with Crippen LogP contribution >= 0.6 is 0 Å². The Balaban J connectivity index is 1.76. The summed E-state index contributed by atoms with van der Waals surface area (Å²) in [5, 5.41) is 6.77. The topological polar surface area (TPSA) is 53.6 Å². The first kappa shape index (κ1) is 15.2. The molecule has 120 valence electrons. The van der Waals surface area contributed by atoms with Gasteiger partial charge in [0.2, 0.25) is 0 Å². The summed E-state index contributed by atoms with van der Waals surface area (Å²) in [7, 11) is 0. The van der Waals surface area contributed by atoms with Crippen molar-refractivity contribution in [1.29, 1.82) is 0 Å². The number of hydrogen-bond donors (Lipinski definition) is 2. The first-order chi connectivity index (χ1) is 10.4. The van der Waals surface area contributed by atoms with Crippen molar-refractivity contribution in [3.05, 3.63) is 23.8 Å². The van der Waals surface area contributed by atoms with E-state index in [1.807, 2.05) is 26.8 Å². The lowest BCUT2D eigenvalue weighted by molar-refractivity contribution is 0.0578. The molecule has 1 saturated heterocycles. The molecule has 5 heteroatoms. The summed E-state index contributed by atoms with van der Waals surface area (Å²) in [5.74, 6) is 0. The molecule has 2 aliphatic heterocycles. The molecular weight excluding hydrogens is 278 g/mol. The SMILES string of the molecule is CC(C)(C)OC(=O)N1CCCc2cc(NC3CNC3)ccc21. The molecule has 0 unspecified atom stereocenters. The van der Waals surface area contributed by atoms with Gasteiger partial charge in [0, 0.05) is 25.3 Å². The van der Waals surface area contributed by atoms with Crippen LogP contribution in [-0.2, 0) is 11.2 Å². The number of anilines is 2. The van der Waals surface area contributed by atoms with Gasteiger partial charge in [0.05, 0.1) is 11.7 Å². The molecular formula is C17H25N3O2. The zero-order valence-electron chi connectivity index (χ0n) is 13.6. The van der Waals surface area contributed by atoms with Crippen LogP contribution in [0.15, 0.2) is 18.2 Å². The minimum Gasteiger partial charge on any atom is -0.443 e. The fourth-order valence-electron chi connectivity index (χ4n) is 2.82. The summed E-state index contributed by atoms with van der Waals surface area (Å²) in [4.78, 5) is 14.1. The van der Waals surface area contributed by atoms with Crippen LogP contribution in [0.5, 0.6) is 0 Å². The predicted molar refractivity (Wildman–Crippen MR) is 88.6 cm³/mol. The van der Waals surface area contributed by atoms with E-state index in [1.54, 1.807) is 4.90 Å². The highest BCUT2D eigenvalue weighted by Gasteiger charge is 2.27. The van der Waals surface area contributed by atoms with E-state index >= 15 is 0 Å². The predicted octanol–water partition coefficient (Wildman–Crippen LogP) is 2.76. The molecule has 1 aromatic rings. The molecule has 5 nitrogen and oxygen atoms in total. The van der Waals surface area contributed by atoms with Gasteiger partial charge in [-0.2, -0.15) is 0 Å². The maximum absolute atomic E-state index is 12.4. The van der Waals surface area contributed by atoms with E-state index in [0.29, 0.717) is 6.04 Å². The van der Waals surface area contributed by atoms with Crippen molar-refractivity contribution in [2.75, 3.05) is 29.9 Å². The number of aryl methyl sites for hydroxylation is 1. The van der Waals surface area contributed by atoms with Crippen LogP contribution in [0.4, 0.5) is 16.2 Å². The van der Waals surface area contributed by atoms with Gasteiger partial charge in [0.1, 0.15) is 5.60 Å². The Morgan fingerprint density at radius 3 is 2.77 bits per heavy atom. The minimum absolute atomic E-state index is 0.252. The molecule has 1 aromatic carbocycles. The maximum atomic E-state index is 12.4. The normalized spacial score (nSPS) is 18.4. The Bertz CT molecular complexity index is 562. The molecule has 0 saturated carbocycles. The number of fused-ring (bicyclic) bond motifs is 1. The lowest BCUT2D eigenvalue weighted by Gasteiger charge is -2.33. The van der Waals surface area contributed by atoms with Crippen LogP contribution in [0.25, 0.3) is 0 Å². The lowest BCUT2D eigenvalue weighted by atomic mass is 10.0. The van der Waals surface area contributed by atoms with E-state index in [1.165, 1.54) is 5.56 Å². The van der Waals surface area contributed by atoms with Crippen molar-refractivity contribution >= 4 is 17.5 Å². The van der Waals surface area contributed by atoms with Gasteiger partial charge in [-0.3, -0.25) is 4.90 Å². The Kier molecular flexibility index (Phi) is 4.00. The second-order valence-corrected chi connectivity index (χ2v) is 7.08. The Labute approximate surface area is 132 Å². The van der Waals surface area contributed by atoms with E-state index in [2.05, 4.69) is 22.8 Å². The number of nitrogens with one attached hydrogen (secondary N) is 2. The average Bonchev–Trinajstić information content (AvgIpc) is 2.40. The number of benzene rings is 1. The van der Waals surface area contributed by atoms with Crippen LogP contribution in [0.2, 0.25) is 0 Å². The summed E-state index contributed by atoms with van der Waals surface area (Å²) < 4.78 is 5.52. The number of nitrogens with zero attached hydrogens (tertiary/aromatic N) is 1. The zero-order chi connectivity index (χ0) is 15.7. The molecule has 3 rings (SSSR count).